The molecule has 0 aliphatic heterocycles. The lowest BCUT2D eigenvalue weighted by atomic mass is 10.2. The minimum absolute atomic E-state index is 0.182. The second-order valence-corrected chi connectivity index (χ2v) is 3.30. The Hall–Kier alpha value is -1.62. The summed E-state index contributed by atoms with van der Waals surface area (Å²) in [7, 11) is 1.70. The van der Waals surface area contributed by atoms with Gasteiger partial charge in [0.2, 0.25) is 0 Å². The van der Waals surface area contributed by atoms with Gasteiger partial charge in [0.25, 0.3) is 0 Å². The SMILES string of the molecule is CN(C[C@H](N)C(=O)O)c1ccc(F)cc1. The summed E-state index contributed by atoms with van der Waals surface area (Å²) < 4.78 is 12.6. The molecule has 15 heavy (non-hydrogen) atoms. The van der Waals surface area contributed by atoms with Crippen LogP contribution in [0.1, 0.15) is 0 Å². The van der Waals surface area contributed by atoms with Gasteiger partial charge in [-0.05, 0) is 24.3 Å². The summed E-state index contributed by atoms with van der Waals surface area (Å²) in [6.45, 7) is 0.182. The lowest BCUT2D eigenvalue weighted by Crippen LogP contribution is -2.41. The van der Waals surface area contributed by atoms with Gasteiger partial charge in [0.15, 0.2) is 0 Å². The van der Waals surface area contributed by atoms with Crippen LogP contribution in [0.3, 0.4) is 0 Å². The second-order valence-electron chi connectivity index (χ2n) is 3.30. The number of benzene rings is 1. The van der Waals surface area contributed by atoms with E-state index >= 15 is 0 Å². The van der Waals surface area contributed by atoms with Crippen LogP contribution in [-0.4, -0.2) is 30.7 Å². The zero-order valence-electron chi connectivity index (χ0n) is 8.35. The van der Waals surface area contributed by atoms with Gasteiger partial charge < -0.3 is 15.7 Å². The van der Waals surface area contributed by atoms with Crippen molar-refractivity contribution >= 4 is 11.7 Å². The Balaban J connectivity index is 2.64. The fraction of sp³-hybridized carbons (Fsp3) is 0.300. The number of carboxylic acids is 1. The number of nitrogens with two attached hydrogens (primary N) is 1. The molecule has 0 bridgehead atoms. The smallest absolute Gasteiger partial charge is 0.322 e. The number of likely N-dealkylation sites (N-methyl/N-ethyl adjacent to an activating group) is 1. The van der Waals surface area contributed by atoms with E-state index in [1.807, 2.05) is 0 Å². The zero-order chi connectivity index (χ0) is 11.4. The monoisotopic (exact) mass is 212 g/mol. The lowest BCUT2D eigenvalue weighted by Gasteiger charge is -2.21. The van der Waals surface area contributed by atoms with E-state index in [2.05, 4.69) is 0 Å². The molecule has 1 aromatic rings. The maximum Gasteiger partial charge on any atom is 0.322 e. The molecular weight excluding hydrogens is 199 g/mol. The van der Waals surface area contributed by atoms with Gasteiger partial charge in [0, 0.05) is 19.3 Å². The van der Waals surface area contributed by atoms with Gasteiger partial charge in [-0.2, -0.15) is 0 Å². The molecule has 0 aliphatic carbocycles. The highest BCUT2D eigenvalue weighted by Crippen LogP contribution is 2.12. The van der Waals surface area contributed by atoms with E-state index in [9.17, 15) is 9.18 Å². The quantitative estimate of drug-likeness (QED) is 0.770. The largest absolute Gasteiger partial charge is 0.480 e. The van der Waals surface area contributed by atoms with Crippen molar-refractivity contribution in [2.45, 2.75) is 6.04 Å². The molecule has 1 rings (SSSR count). The Morgan fingerprint density at radius 1 is 1.53 bits per heavy atom. The van der Waals surface area contributed by atoms with E-state index in [-0.39, 0.29) is 12.4 Å². The van der Waals surface area contributed by atoms with Gasteiger partial charge in [-0.3, -0.25) is 4.79 Å². The van der Waals surface area contributed by atoms with Crippen LogP contribution in [0.25, 0.3) is 0 Å². The summed E-state index contributed by atoms with van der Waals surface area (Å²) in [5, 5.41) is 8.61. The summed E-state index contributed by atoms with van der Waals surface area (Å²) in [6.07, 6.45) is 0. The molecule has 0 amide bonds. The van der Waals surface area contributed by atoms with Crippen molar-refractivity contribution in [1.82, 2.24) is 0 Å². The highest BCUT2D eigenvalue weighted by atomic mass is 19.1. The lowest BCUT2D eigenvalue weighted by molar-refractivity contribution is -0.138. The fourth-order valence-corrected chi connectivity index (χ4v) is 1.17. The van der Waals surface area contributed by atoms with Crippen LogP contribution in [0.5, 0.6) is 0 Å². The maximum absolute atomic E-state index is 12.6. The molecule has 0 unspecified atom stereocenters. The number of rotatable bonds is 4. The van der Waals surface area contributed by atoms with Crippen LogP contribution >= 0.6 is 0 Å². The van der Waals surface area contributed by atoms with E-state index in [0.29, 0.717) is 0 Å². The molecule has 0 saturated carbocycles. The molecule has 1 atom stereocenters. The molecule has 0 radical (unpaired) electrons. The molecule has 0 saturated heterocycles. The minimum atomic E-state index is -1.05. The summed E-state index contributed by atoms with van der Waals surface area (Å²) >= 11 is 0. The van der Waals surface area contributed by atoms with Crippen LogP contribution < -0.4 is 10.6 Å². The van der Waals surface area contributed by atoms with Crippen LogP contribution in [0.2, 0.25) is 0 Å². The number of anilines is 1. The molecule has 82 valence electrons. The molecule has 0 heterocycles. The topological polar surface area (TPSA) is 66.6 Å². The van der Waals surface area contributed by atoms with Gasteiger partial charge in [-0.15, -0.1) is 0 Å². The van der Waals surface area contributed by atoms with Crippen molar-refractivity contribution in [1.29, 1.82) is 0 Å². The summed E-state index contributed by atoms with van der Waals surface area (Å²) in [6, 6.07) is 4.84. The maximum atomic E-state index is 12.6. The van der Waals surface area contributed by atoms with Gasteiger partial charge in [-0.25, -0.2) is 4.39 Å². The van der Waals surface area contributed by atoms with E-state index in [0.717, 1.165) is 5.69 Å². The van der Waals surface area contributed by atoms with Crippen LogP contribution in [0.4, 0.5) is 10.1 Å². The Morgan fingerprint density at radius 2 is 2.07 bits per heavy atom. The van der Waals surface area contributed by atoms with E-state index in [1.54, 1.807) is 24.1 Å². The first-order chi connectivity index (χ1) is 7.00. The van der Waals surface area contributed by atoms with Gasteiger partial charge in [-0.1, -0.05) is 0 Å². The van der Waals surface area contributed by atoms with Crippen molar-refractivity contribution in [3.8, 4) is 0 Å². The summed E-state index contributed by atoms with van der Waals surface area (Å²) in [4.78, 5) is 12.2. The van der Waals surface area contributed by atoms with Crippen molar-refractivity contribution in [3.63, 3.8) is 0 Å². The van der Waals surface area contributed by atoms with Crippen molar-refractivity contribution in [2.24, 2.45) is 5.73 Å². The average Bonchev–Trinajstić information content (AvgIpc) is 2.18. The number of carboxylic acid groups (broad SMARTS) is 1. The molecule has 3 N–H and O–H groups in total. The van der Waals surface area contributed by atoms with Crippen LogP contribution in [0, 0.1) is 5.82 Å². The number of carbonyl (C=O) groups is 1. The van der Waals surface area contributed by atoms with Crippen LogP contribution in [0.15, 0.2) is 24.3 Å². The molecular formula is C10H13FN2O2. The zero-order valence-corrected chi connectivity index (χ0v) is 8.35. The number of hydrogen-bond acceptors (Lipinski definition) is 3. The molecule has 5 heteroatoms. The summed E-state index contributed by atoms with van der Waals surface area (Å²) in [5.41, 5.74) is 6.10. The predicted molar refractivity (Wildman–Crippen MR) is 55.3 cm³/mol. The first-order valence-electron chi connectivity index (χ1n) is 4.46. The van der Waals surface area contributed by atoms with Crippen molar-refractivity contribution in [3.05, 3.63) is 30.1 Å². The number of hydrogen-bond donors (Lipinski definition) is 2. The van der Waals surface area contributed by atoms with E-state index in [1.165, 1.54) is 12.1 Å². The van der Waals surface area contributed by atoms with E-state index in [4.69, 9.17) is 10.8 Å². The normalized spacial score (nSPS) is 12.2. The third kappa shape index (κ3) is 3.21. The first-order valence-corrected chi connectivity index (χ1v) is 4.46. The standard InChI is InChI=1S/C10H13FN2O2/c1-13(6-9(12)10(14)15)8-4-2-7(11)3-5-8/h2-5,9H,6,12H2,1H3,(H,14,15)/t9-/m0/s1. The summed E-state index contributed by atoms with van der Waals surface area (Å²) in [5.74, 6) is -1.38. The first kappa shape index (κ1) is 11.5. The molecule has 1 aromatic carbocycles. The fourth-order valence-electron chi connectivity index (χ4n) is 1.17. The van der Waals surface area contributed by atoms with Gasteiger partial charge in [0.1, 0.15) is 11.9 Å². The van der Waals surface area contributed by atoms with Crippen molar-refractivity contribution < 1.29 is 14.3 Å². The van der Waals surface area contributed by atoms with E-state index < -0.39 is 12.0 Å². The Bertz CT molecular complexity index is 340. The Labute approximate surface area is 87.1 Å². The minimum Gasteiger partial charge on any atom is -0.480 e. The molecule has 0 aromatic heterocycles. The Kier molecular flexibility index (Phi) is 3.62. The predicted octanol–water partition coefficient (Wildman–Crippen LogP) is 0.674. The molecule has 4 nitrogen and oxygen atoms in total. The number of aliphatic carboxylic acids is 1. The van der Waals surface area contributed by atoms with Gasteiger partial charge in [0.05, 0.1) is 0 Å². The Morgan fingerprint density at radius 3 is 2.53 bits per heavy atom. The molecule has 0 fully saturated rings. The molecule has 0 spiro atoms. The third-order valence-electron chi connectivity index (χ3n) is 2.06. The molecule has 0 aliphatic rings. The average molecular weight is 212 g/mol. The second kappa shape index (κ2) is 4.75. The third-order valence-corrected chi connectivity index (χ3v) is 2.06. The van der Waals surface area contributed by atoms with Crippen LogP contribution in [-0.2, 0) is 4.79 Å². The van der Waals surface area contributed by atoms with Crippen molar-refractivity contribution in [2.75, 3.05) is 18.5 Å². The highest BCUT2D eigenvalue weighted by Gasteiger charge is 2.14. The highest BCUT2D eigenvalue weighted by molar-refractivity contribution is 5.74. The number of halogens is 1. The number of nitrogens with zero attached hydrogens (tertiary/aromatic N) is 1. The van der Waals surface area contributed by atoms with Gasteiger partial charge >= 0.3 is 5.97 Å².